The molecule has 1 aromatic carbocycles. The molecular weight excluding hydrogens is 214 g/mol. The predicted molar refractivity (Wildman–Crippen MR) is 68.5 cm³/mol. The van der Waals surface area contributed by atoms with Crippen LogP contribution in [-0.2, 0) is 0 Å². The number of benzene rings is 1. The molecule has 2 unspecified atom stereocenters. The van der Waals surface area contributed by atoms with E-state index in [1.165, 1.54) is 12.8 Å². The third-order valence-electron chi connectivity index (χ3n) is 3.49. The van der Waals surface area contributed by atoms with Crippen molar-refractivity contribution in [3.63, 3.8) is 0 Å². The molecule has 17 heavy (non-hydrogen) atoms. The summed E-state index contributed by atoms with van der Waals surface area (Å²) in [5, 5.41) is 3.09. The molecule has 1 aromatic rings. The van der Waals surface area contributed by atoms with Gasteiger partial charge < -0.3 is 10.7 Å². The fourth-order valence-electron chi connectivity index (χ4n) is 2.33. The van der Waals surface area contributed by atoms with Gasteiger partial charge in [0.25, 0.3) is 5.91 Å². The second-order valence-corrected chi connectivity index (χ2v) is 4.71. The minimum absolute atomic E-state index is 0.00678. The van der Waals surface area contributed by atoms with E-state index in [1.54, 1.807) is 24.3 Å². The molecule has 1 fully saturated rings. The van der Waals surface area contributed by atoms with Crippen LogP contribution in [0, 0.1) is 5.92 Å². The van der Waals surface area contributed by atoms with Crippen molar-refractivity contribution in [1.82, 2.24) is 5.32 Å². The smallest absolute Gasteiger partial charge is 0.251 e. The van der Waals surface area contributed by atoms with Crippen LogP contribution < -0.4 is 16.6 Å². The van der Waals surface area contributed by atoms with E-state index in [0.717, 1.165) is 12.1 Å². The monoisotopic (exact) mass is 233 g/mol. The fourth-order valence-corrected chi connectivity index (χ4v) is 2.33. The number of rotatable bonds is 3. The summed E-state index contributed by atoms with van der Waals surface area (Å²) in [7, 11) is 0. The van der Waals surface area contributed by atoms with Gasteiger partial charge >= 0.3 is 0 Å². The molecule has 1 saturated carbocycles. The molecule has 0 heterocycles. The highest BCUT2D eigenvalue weighted by Crippen LogP contribution is 2.25. The van der Waals surface area contributed by atoms with Crippen molar-refractivity contribution in [3.05, 3.63) is 29.8 Å². The molecule has 2 atom stereocenters. The van der Waals surface area contributed by atoms with E-state index in [0.29, 0.717) is 17.5 Å². The summed E-state index contributed by atoms with van der Waals surface area (Å²) in [6.45, 7) is 2.19. The molecule has 0 aromatic heterocycles. The first-order valence-corrected chi connectivity index (χ1v) is 6.08. The highest BCUT2D eigenvalue weighted by Gasteiger charge is 2.24. The van der Waals surface area contributed by atoms with Crippen LogP contribution in [0.1, 0.15) is 36.5 Å². The average molecular weight is 233 g/mol. The highest BCUT2D eigenvalue weighted by atomic mass is 16.1. The molecule has 0 aliphatic heterocycles. The molecule has 2 rings (SSSR count). The fraction of sp³-hybridized carbons (Fsp3) is 0.462. The van der Waals surface area contributed by atoms with Gasteiger partial charge in [-0.1, -0.05) is 13.3 Å². The minimum Gasteiger partial charge on any atom is -0.349 e. The Morgan fingerprint density at radius 2 is 2.00 bits per heavy atom. The van der Waals surface area contributed by atoms with Gasteiger partial charge in [0.1, 0.15) is 0 Å². The lowest BCUT2D eigenvalue weighted by Gasteiger charge is -2.17. The number of hydrazine groups is 1. The Morgan fingerprint density at radius 3 is 2.53 bits per heavy atom. The molecule has 1 amide bonds. The van der Waals surface area contributed by atoms with E-state index in [1.807, 2.05) is 0 Å². The van der Waals surface area contributed by atoms with Crippen LogP contribution in [0.3, 0.4) is 0 Å². The number of carbonyl (C=O) groups excluding carboxylic acids is 1. The van der Waals surface area contributed by atoms with Crippen molar-refractivity contribution >= 4 is 11.6 Å². The van der Waals surface area contributed by atoms with Crippen molar-refractivity contribution < 1.29 is 4.79 Å². The predicted octanol–water partition coefficient (Wildman–Crippen LogP) is 1.89. The zero-order chi connectivity index (χ0) is 12.3. The lowest BCUT2D eigenvalue weighted by atomic mass is 10.1. The quantitative estimate of drug-likeness (QED) is 0.551. The molecule has 0 spiro atoms. The minimum atomic E-state index is 0.00678. The number of hydrogen-bond acceptors (Lipinski definition) is 3. The number of carbonyl (C=O) groups is 1. The SMILES string of the molecule is CC1CCCC1NC(=O)c1ccc(NN)cc1. The van der Waals surface area contributed by atoms with E-state index in [9.17, 15) is 4.79 Å². The lowest BCUT2D eigenvalue weighted by Crippen LogP contribution is -2.36. The van der Waals surface area contributed by atoms with Gasteiger partial charge in [-0.15, -0.1) is 0 Å². The molecule has 92 valence electrons. The van der Waals surface area contributed by atoms with Crippen molar-refractivity contribution in [1.29, 1.82) is 0 Å². The summed E-state index contributed by atoms with van der Waals surface area (Å²) in [6, 6.07) is 7.49. The summed E-state index contributed by atoms with van der Waals surface area (Å²) in [5.41, 5.74) is 4.03. The lowest BCUT2D eigenvalue weighted by molar-refractivity contribution is 0.0929. The first-order valence-electron chi connectivity index (χ1n) is 6.08. The van der Waals surface area contributed by atoms with E-state index in [-0.39, 0.29) is 5.91 Å². The van der Waals surface area contributed by atoms with Crippen LogP contribution in [0.5, 0.6) is 0 Å². The van der Waals surface area contributed by atoms with E-state index in [2.05, 4.69) is 17.7 Å². The highest BCUT2D eigenvalue weighted by molar-refractivity contribution is 5.94. The normalized spacial score (nSPS) is 23.4. The molecule has 0 radical (unpaired) electrons. The number of nitrogens with one attached hydrogen (secondary N) is 2. The molecule has 1 aliphatic rings. The molecule has 1 aliphatic carbocycles. The Balaban J connectivity index is 1.99. The van der Waals surface area contributed by atoms with Crippen molar-refractivity contribution in [3.8, 4) is 0 Å². The summed E-state index contributed by atoms with van der Waals surface area (Å²) in [4.78, 5) is 12.0. The van der Waals surface area contributed by atoms with Crippen LogP contribution in [0.2, 0.25) is 0 Å². The zero-order valence-electron chi connectivity index (χ0n) is 10.1. The second kappa shape index (κ2) is 5.19. The molecular formula is C13H19N3O. The topological polar surface area (TPSA) is 67.2 Å². The number of amides is 1. The maximum Gasteiger partial charge on any atom is 0.251 e. The van der Waals surface area contributed by atoms with Gasteiger partial charge in [-0.25, -0.2) is 0 Å². The van der Waals surface area contributed by atoms with Crippen LogP contribution in [0.15, 0.2) is 24.3 Å². The van der Waals surface area contributed by atoms with Gasteiger partial charge in [-0.2, -0.15) is 0 Å². The average Bonchev–Trinajstić information content (AvgIpc) is 2.75. The van der Waals surface area contributed by atoms with Gasteiger partial charge in [0.15, 0.2) is 0 Å². The Hall–Kier alpha value is -1.55. The van der Waals surface area contributed by atoms with Crippen LogP contribution >= 0.6 is 0 Å². The number of nitrogen functional groups attached to an aromatic ring is 1. The number of hydrogen-bond donors (Lipinski definition) is 3. The van der Waals surface area contributed by atoms with Gasteiger partial charge in [0.05, 0.1) is 0 Å². The van der Waals surface area contributed by atoms with Crippen molar-refractivity contribution in [2.24, 2.45) is 11.8 Å². The van der Waals surface area contributed by atoms with E-state index < -0.39 is 0 Å². The molecule has 4 nitrogen and oxygen atoms in total. The zero-order valence-corrected chi connectivity index (χ0v) is 10.1. The Labute approximate surface area is 102 Å². The van der Waals surface area contributed by atoms with Crippen LogP contribution in [-0.4, -0.2) is 11.9 Å². The molecule has 0 saturated heterocycles. The standard InChI is InChI=1S/C13H19N3O/c1-9-3-2-4-12(9)15-13(17)10-5-7-11(16-14)8-6-10/h5-9,12,16H,2-4,14H2,1H3,(H,15,17). The third kappa shape index (κ3) is 2.77. The summed E-state index contributed by atoms with van der Waals surface area (Å²) in [5.74, 6) is 5.87. The first kappa shape index (κ1) is 11.9. The van der Waals surface area contributed by atoms with E-state index >= 15 is 0 Å². The van der Waals surface area contributed by atoms with Gasteiger partial charge in [0, 0.05) is 17.3 Å². The maximum absolute atomic E-state index is 12.0. The van der Waals surface area contributed by atoms with Gasteiger partial charge in [-0.05, 0) is 43.0 Å². The summed E-state index contributed by atoms with van der Waals surface area (Å²) in [6.07, 6.45) is 3.51. The summed E-state index contributed by atoms with van der Waals surface area (Å²) < 4.78 is 0. The Bertz CT molecular complexity index is 388. The van der Waals surface area contributed by atoms with Gasteiger partial charge in [-0.3, -0.25) is 10.6 Å². The van der Waals surface area contributed by atoms with Crippen LogP contribution in [0.4, 0.5) is 5.69 Å². The molecule has 4 N–H and O–H groups in total. The molecule has 4 heteroatoms. The second-order valence-electron chi connectivity index (χ2n) is 4.71. The van der Waals surface area contributed by atoms with Crippen molar-refractivity contribution in [2.45, 2.75) is 32.2 Å². The number of anilines is 1. The first-order chi connectivity index (χ1) is 8.20. The van der Waals surface area contributed by atoms with E-state index in [4.69, 9.17) is 5.84 Å². The molecule has 0 bridgehead atoms. The van der Waals surface area contributed by atoms with Crippen molar-refractivity contribution in [2.75, 3.05) is 5.43 Å². The third-order valence-corrected chi connectivity index (χ3v) is 3.49. The van der Waals surface area contributed by atoms with Gasteiger partial charge in [0.2, 0.25) is 0 Å². The number of nitrogens with two attached hydrogens (primary N) is 1. The van der Waals surface area contributed by atoms with Crippen LogP contribution in [0.25, 0.3) is 0 Å². The largest absolute Gasteiger partial charge is 0.349 e. The Kier molecular flexibility index (Phi) is 3.64. The summed E-state index contributed by atoms with van der Waals surface area (Å²) >= 11 is 0. The maximum atomic E-state index is 12.0. The Morgan fingerprint density at radius 1 is 1.29 bits per heavy atom.